The second kappa shape index (κ2) is 24.3. The molecule has 1 aliphatic carbocycles. The van der Waals surface area contributed by atoms with Crippen molar-refractivity contribution < 1.29 is 56.8 Å². The van der Waals surface area contributed by atoms with E-state index < -0.39 is 87.8 Å². The van der Waals surface area contributed by atoms with Crippen LogP contribution in [0.15, 0.2) is 23.3 Å². The van der Waals surface area contributed by atoms with Crippen molar-refractivity contribution in [3.05, 3.63) is 23.3 Å². The molecule has 2 bridgehead atoms. The molecule has 4 rings (SSSR count). The number of ether oxygens (including phenoxy) is 5. The van der Waals surface area contributed by atoms with E-state index in [9.17, 15) is 9.90 Å². The SMILES string of the molecule is CC[C@@H]1/C=C(\C)C[C@H](C)C[C@H](OC)[C@@H](O)[C@@H](OC)C[C@@H](C)[C@@]2(OC)C(=O)N3CCCC[C@]3(C(=O)OC(/C(C)=C/[C@@H]3CC[C@@H](O[Si](C)(C)C(C)(C)C)[C@H](OC)C3)[C@H](C)C(O[Si](C)(C)C(C)(C)C)CC1=O)C2=O. The molecule has 3 fully saturated rings. The topological polar surface area (TPSA) is 156 Å². The van der Waals surface area contributed by atoms with E-state index in [4.69, 9.17) is 32.5 Å². The molecule has 2 saturated heterocycles. The van der Waals surface area contributed by atoms with Crippen molar-refractivity contribution in [2.45, 2.75) is 244 Å². The van der Waals surface area contributed by atoms with E-state index in [0.717, 1.165) is 24.0 Å². The van der Waals surface area contributed by atoms with Gasteiger partial charge in [0.15, 0.2) is 16.6 Å². The number of hydrogen-bond donors (Lipinski definition) is 1. The number of carbonyl (C=O) groups is 4. The van der Waals surface area contributed by atoms with E-state index in [1.54, 1.807) is 21.1 Å². The Balaban J connectivity index is 1.95. The first-order valence-corrected chi connectivity index (χ1v) is 32.8. The average Bonchev–Trinajstić information content (AvgIpc) is 3.49. The largest absolute Gasteiger partial charge is 0.455 e. The summed E-state index contributed by atoms with van der Waals surface area (Å²) in [5.74, 6) is -3.66. The molecular formula is C56H99NO12Si2. The summed E-state index contributed by atoms with van der Waals surface area (Å²) in [6.07, 6.45) is 5.31. The minimum Gasteiger partial charge on any atom is -0.455 e. The summed E-state index contributed by atoms with van der Waals surface area (Å²) in [5.41, 5.74) is -2.18. The van der Waals surface area contributed by atoms with Crippen LogP contribution in [0.4, 0.5) is 0 Å². The maximum Gasteiger partial charge on any atom is 0.340 e. The molecule has 3 heterocycles. The fraction of sp³-hybridized carbons (Fsp3) is 0.857. The molecule has 0 aromatic heterocycles. The Bertz CT molecular complexity index is 1910. The van der Waals surface area contributed by atoms with Gasteiger partial charge in [0.25, 0.3) is 5.91 Å². The van der Waals surface area contributed by atoms with Gasteiger partial charge in [0.05, 0.1) is 30.5 Å². The van der Waals surface area contributed by atoms with Crippen molar-refractivity contribution in [1.82, 2.24) is 4.90 Å². The minimum absolute atomic E-state index is 0.0382. The number of esters is 1. The lowest BCUT2D eigenvalue weighted by Gasteiger charge is -2.44. The van der Waals surface area contributed by atoms with Crippen LogP contribution in [0.5, 0.6) is 0 Å². The van der Waals surface area contributed by atoms with Crippen LogP contribution in [0.3, 0.4) is 0 Å². The first-order valence-electron chi connectivity index (χ1n) is 27.0. The zero-order chi connectivity index (χ0) is 53.8. The molecule has 13 nitrogen and oxygen atoms in total. The van der Waals surface area contributed by atoms with Crippen molar-refractivity contribution in [3.63, 3.8) is 0 Å². The van der Waals surface area contributed by atoms with Gasteiger partial charge in [-0.25, -0.2) is 4.79 Å². The van der Waals surface area contributed by atoms with Crippen LogP contribution < -0.4 is 0 Å². The number of allylic oxidation sites excluding steroid dienone is 3. The second-order valence-corrected chi connectivity index (χ2v) is 34.8. The van der Waals surface area contributed by atoms with E-state index in [1.165, 1.54) is 19.1 Å². The quantitative estimate of drug-likeness (QED) is 0.0906. The summed E-state index contributed by atoms with van der Waals surface area (Å²) in [4.78, 5) is 62.6. The van der Waals surface area contributed by atoms with Gasteiger partial charge in [-0.05, 0) is 132 Å². The highest BCUT2D eigenvalue weighted by molar-refractivity contribution is 6.74. The Morgan fingerprint density at radius 1 is 0.803 bits per heavy atom. The summed E-state index contributed by atoms with van der Waals surface area (Å²) < 4.78 is 45.3. The summed E-state index contributed by atoms with van der Waals surface area (Å²) in [7, 11) is 1.47. The van der Waals surface area contributed by atoms with Crippen LogP contribution in [0.2, 0.25) is 36.3 Å². The molecule has 1 amide bonds. The van der Waals surface area contributed by atoms with Crippen molar-refractivity contribution in [1.29, 1.82) is 0 Å². The molecule has 4 aliphatic rings. The molecule has 1 spiro atoms. The fourth-order valence-corrected chi connectivity index (χ4v) is 14.3. The van der Waals surface area contributed by atoms with Gasteiger partial charge < -0.3 is 42.5 Å². The number of nitrogens with zero attached hydrogens (tertiary/aromatic N) is 1. The van der Waals surface area contributed by atoms with E-state index in [2.05, 4.69) is 93.7 Å². The van der Waals surface area contributed by atoms with Gasteiger partial charge >= 0.3 is 5.97 Å². The first-order chi connectivity index (χ1) is 32.8. The molecule has 0 aromatic carbocycles. The monoisotopic (exact) mass is 1030 g/mol. The molecule has 408 valence electrons. The Hall–Kier alpha value is -2.09. The highest BCUT2D eigenvalue weighted by Gasteiger charge is 2.73. The first kappa shape index (κ1) is 61.5. The molecule has 71 heavy (non-hydrogen) atoms. The van der Waals surface area contributed by atoms with Crippen LogP contribution in [0.25, 0.3) is 0 Å². The number of ketones is 2. The lowest BCUT2D eigenvalue weighted by atomic mass is 9.75. The number of rotatable bonds is 11. The predicted octanol–water partition coefficient (Wildman–Crippen LogP) is 10.6. The van der Waals surface area contributed by atoms with Gasteiger partial charge in [0, 0.05) is 59.2 Å². The van der Waals surface area contributed by atoms with Crippen molar-refractivity contribution >= 4 is 40.1 Å². The third kappa shape index (κ3) is 13.1. The Morgan fingerprint density at radius 3 is 1.90 bits per heavy atom. The number of methoxy groups -OCH3 is 4. The Labute approximate surface area is 431 Å². The summed E-state index contributed by atoms with van der Waals surface area (Å²) in [5, 5.41) is 11.7. The molecule has 2 unspecified atom stereocenters. The van der Waals surface area contributed by atoms with Gasteiger partial charge in [-0.1, -0.05) is 87.0 Å². The van der Waals surface area contributed by atoms with Crippen LogP contribution in [0.1, 0.15) is 154 Å². The standard InChI is InChI=1S/C56H99NO12Si2/c1-21-41-29-35(2)28-36(3)30-46(64-14)48(59)47(65-15)32-38(5)56(66-16)50(60)55(26-22-23-27-57(55)51(56)61)52(62)67-49(39(6)44(34-42(41)58)69-71(19,20)54(10,11)12)37(4)31-40-24-25-43(45(33-40)63-13)68-70(17,18)53(7,8)9/h29,31,36,38-41,43-49,59H,21-28,30,32-34H2,1-20H3/b35-29+,37-31+/t36-,38+,39+,40-,41+,43+,44?,45+,46-,47-,48+,49?,55+,56-/m0/s1. The average molecular weight is 1030 g/mol. The van der Waals surface area contributed by atoms with E-state index in [1.807, 2.05) is 20.8 Å². The third-order valence-electron chi connectivity index (χ3n) is 18.1. The van der Waals surface area contributed by atoms with Crippen molar-refractivity contribution in [2.75, 3.05) is 35.0 Å². The maximum absolute atomic E-state index is 15.7. The molecule has 1 N–H and O–H groups in total. The number of piperidine rings is 1. The maximum atomic E-state index is 15.7. The smallest absolute Gasteiger partial charge is 0.340 e. The summed E-state index contributed by atoms with van der Waals surface area (Å²) >= 11 is 0. The minimum atomic E-state index is -2.58. The van der Waals surface area contributed by atoms with Crippen LogP contribution in [0, 0.1) is 29.6 Å². The van der Waals surface area contributed by atoms with E-state index >= 15 is 14.4 Å². The molecular weight excluding hydrogens is 935 g/mol. The number of aliphatic hydroxyl groups is 1. The fourth-order valence-electron chi connectivity index (χ4n) is 11.5. The van der Waals surface area contributed by atoms with Gasteiger partial charge in [-0.15, -0.1) is 0 Å². The summed E-state index contributed by atoms with van der Waals surface area (Å²) in [6, 6.07) is 0. The third-order valence-corrected chi connectivity index (χ3v) is 27.1. The predicted molar refractivity (Wildman–Crippen MR) is 285 cm³/mol. The lowest BCUT2D eigenvalue weighted by Crippen LogP contribution is -2.61. The zero-order valence-electron chi connectivity index (χ0n) is 48.0. The normalized spacial score (nSPS) is 37.2. The Morgan fingerprint density at radius 2 is 1.37 bits per heavy atom. The van der Waals surface area contributed by atoms with Gasteiger partial charge in [0.2, 0.25) is 16.9 Å². The molecule has 15 heteroatoms. The highest BCUT2D eigenvalue weighted by atomic mass is 28.4. The molecule has 0 aromatic rings. The van der Waals surface area contributed by atoms with Crippen LogP contribution >= 0.6 is 0 Å². The molecule has 14 atom stereocenters. The lowest BCUT2D eigenvalue weighted by molar-refractivity contribution is -0.171. The van der Waals surface area contributed by atoms with Crippen LogP contribution in [-0.4, -0.2) is 139 Å². The number of hydrogen-bond acceptors (Lipinski definition) is 12. The summed E-state index contributed by atoms with van der Waals surface area (Å²) in [6.45, 7) is 34.2. The zero-order valence-corrected chi connectivity index (χ0v) is 50.0. The number of amides is 1. The van der Waals surface area contributed by atoms with Gasteiger partial charge in [-0.2, -0.15) is 0 Å². The Kier molecular flexibility index (Phi) is 21.0. The number of aliphatic hydroxyl groups excluding tert-OH is 1. The van der Waals surface area contributed by atoms with Crippen molar-refractivity contribution in [3.8, 4) is 0 Å². The van der Waals surface area contributed by atoms with Gasteiger partial charge in [0.1, 0.15) is 18.0 Å². The van der Waals surface area contributed by atoms with Crippen LogP contribution in [-0.2, 0) is 51.7 Å². The molecule has 1 saturated carbocycles. The number of cyclic esters (lactones) is 1. The van der Waals surface area contributed by atoms with Crippen molar-refractivity contribution in [2.24, 2.45) is 29.6 Å². The van der Waals surface area contributed by atoms with E-state index in [-0.39, 0.29) is 71.6 Å². The molecule has 3 aliphatic heterocycles. The number of Topliss-reactive ketones (excluding diaryl/α,β-unsaturated/α-hetero) is 2. The van der Waals surface area contributed by atoms with Gasteiger partial charge in [-0.3, -0.25) is 14.4 Å². The highest BCUT2D eigenvalue weighted by Crippen LogP contribution is 2.49. The number of fused-ring (bicyclic) bond motifs is 1. The van der Waals surface area contributed by atoms with E-state index in [0.29, 0.717) is 38.5 Å². The number of carbonyl (C=O) groups excluding carboxylic acids is 4. The second-order valence-electron chi connectivity index (χ2n) is 25.2. The molecule has 0 radical (unpaired) electrons.